The number of anilines is 1. The maximum atomic E-state index is 5.83. The van der Waals surface area contributed by atoms with Gasteiger partial charge >= 0.3 is 0 Å². The van der Waals surface area contributed by atoms with E-state index in [9.17, 15) is 0 Å². The van der Waals surface area contributed by atoms with Crippen LogP contribution in [0.1, 0.15) is 5.56 Å². The molecule has 3 heteroatoms. The van der Waals surface area contributed by atoms with E-state index in [0.29, 0.717) is 0 Å². The van der Waals surface area contributed by atoms with E-state index >= 15 is 0 Å². The number of fused-ring (bicyclic) bond motifs is 1. The van der Waals surface area contributed by atoms with Crippen LogP contribution >= 0.6 is 0 Å². The molecule has 1 aromatic heterocycles. The third-order valence-corrected chi connectivity index (χ3v) is 1.93. The highest BCUT2D eigenvalue weighted by Crippen LogP contribution is 2.20. The first-order chi connectivity index (χ1) is 5.79. The first-order valence-corrected chi connectivity index (χ1v) is 3.74. The van der Waals surface area contributed by atoms with Crippen LogP contribution in [0.25, 0.3) is 10.9 Å². The summed E-state index contributed by atoms with van der Waals surface area (Å²) in [4.78, 5) is 8.02. The summed E-state index contributed by atoms with van der Waals surface area (Å²) in [7, 11) is 0. The van der Waals surface area contributed by atoms with Gasteiger partial charge in [0.2, 0.25) is 0 Å². The molecule has 60 valence electrons. The number of nitrogen functional groups attached to an aromatic ring is 1. The molecule has 0 aliphatic heterocycles. The maximum Gasteiger partial charge on any atom is 0.116 e. The molecule has 0 spiro atoms. The van der Waals surface area contributed by atoms with Crippen molar-refractivity contribution in [3.63, 3.8) is 0 Å². The zero-order valence-corrected chi connectivity index (χ0v) is 6.78. The Morgan fingerprint density at radius 2 is 2.17 bits per heavy atom. The molecule has 2 N–H and O–H groups in total. The van der Waals surface area contributed by atoms with Crippen molar-refractivity contribution in [3.05, 3.63) is 30.2 Å². The van der Waals surface area contributed by atoms with E-state index in [0.717, 1.165) is 22.2 Å². The first kappa shape index (κ1) is 7.03. The van der Waals surface area contributed by atoms with Gasteiger partial charge < -0.3 is 5.73 Å². The number of rotatable bonds is 0. The van der Waals surface area contributed by atoms with Gasteiger partial charge in [0.1, 0.15) is 6.33 Å². The van der Waals surface area contributed by atoms with Crippen LogP contribution in [0, 0.1) is 6.92 Å². The van der Waals surface area contributed by atoms with Crippen molar-refractivity contribution in [1.82, 2.24) is 9.97 Å². The number of hydrogen-bond acceptors (Lipinski definition) is 3. The lowest BCUT2D eigenvalue weighted by Crippen LogP contribution is -1.93. The van der Waals surface area contributed by atoms with Gasteiger partial charge in [0, 0.05) is 11.6 Å². The molecule has 0 atom stereocenters. The summed E-state index contributed by atoms with van der Waals surface area (Å²) >= 11 is 0. The van der Waals surface area contributed by atoms with E-state index < -0.39 is 0 Å². The zero-order valence-electron chi connectivity index (χ0n) is 6.78. The molecule has 0 aliphatic rings. The van der Waals surface area contributed by atoms with E-state index in [1.54, 1.807) is 6.20 Å². The quantitative estimate of drug-likeness (QED) is 0.593. The van der Waals surface area contributed by atoms with Crippen LogP contribution in [0.2, 0.25) is 0 Å². The van der Waals surface area contributed by atoms with E-state index in [1.807, 2.05) is 19.1 Å². The molecular formula is C9H9N3. The van der Waals surface area contributed by atoms with Crippen LogP contribution in [0.5, 0.6) is 0 Å². The van der Waals surface area contributed by atoms with Gasteiger partial charge in [0.15, 0.2) is 0 Å². The number of hydrogen-bond donors (Lipinski definition) is 1. The normalized spacial score (nSPS) is 10.4. The third-order valence-electron chi connectivity index (χ3n) is 1.93. The zero-order chi connectivity index (χ0) is 8.55. The van der Waals surface area contributed by atoms with Gasteiger partial charge in [-0.15, -0.1) is 0 Å². The fourth-order valence-corrected chi connectivity index (χ4v) is 1.18. The van der Waals surface area contributed by atoms with Crippen LogP contribution in [0.4, 0.5) is 5.69 Å². The molecule has 3 nitrogen and oxygen atoms in total. The van der Waals surface area contributed by atoms with Crippen LogP contribution in [0.3, 0.4) is 0 Å². The summed E-state index contributed by atoms with van der Waals surface area (Å²) in [6.07, 6.45) is 3.27. The van der Waals surface area contributed by atoms with Crippen LogP contribution in [-0.2, 0) is 0 Å². The smallest absolute Gasteiger partial charge is 0.116 e. The van der Waals surface area contributed by atoms with Crippen molar-refractivity contribution in [2.24, 2.45) is 0 Å². The second-order valence-corrected chi connectivity index (χ2v) is 2.76. The molecule has 0 saturated carbocycles. The summed E-state index contributed by atoms with van der Waals surface area (Å²) in [5.41, 5.74) is 8.47. The molecule has 0 fully saturated rings. The Labute approximate surface area is 70.3 Å². The van der Waals surface area contributed by atoms with Gasteiger partial charge in [-0.25, -0.2) is 9.97 Å². The summed E-state index contributed by atoms with van der Waals surface area (Å²) in [5.74, 6) is 0. The molecule has 0 amide bonds. The fourth-order valence-electron chi connectivity index (χ4n) is 1.18. The minimum absolute atomic E-state index is 0.745. The van der Waals surface area contributed by atoms with Gasteiger partial charge in [-0.2, -0.15) is 0 Å². The molecule has 0 aliphatic carbocycles. The van der Waals surface area contributed by atoms with Crippen molar-refractivity contribution in [3.8, 4) is 0 Å². The lowest BCUT2D eigenvalue weighted by atomic mass is 10.1. The first-order valence-electron chi connectivity index (χ1n) is 3.74. The van der Waals surface area contributed by atoms with Crippen LogP contribution in [0.15, 0.2) is 24.7 Å². The summed E-state index contributed by atoms with van der Waals surface area (Å²) in [6.45, 7) is 1.97. The highest BCUT2D eigenvalue weighted by molar-refractivity contribution is 5.89. The number of nitrogens with zero attached hydrogens (tertiary/aromatic N) is 2. The minimum atomic E-state index is 0.745. The van der Waals surface area contributed by atoms with Crippen molar-refractivity contribution >= 4 is 16.6 Å². The standard InChI is InChI=1S/C9H9N3/c1-6-2-3-7-4-11-5-12-9(7)8(6)10/h2-5H,10H2,1H3. The Hall–Kier alpha value is -1.64. The minimum Gasteiger partial charge on any atom is -0.397 e. The Balaban J connectivity index is 2.91. The second kappa shape index (κ2) is 2.44. The van der Waals surface area contributed by atoms with Crippen molar-refractivity contribution in [1.29, 1.82) is 0 Å². The van der Waals surface area contributed by atoms with Gasteiger partial charge in [-0.3, -0.25) is 0 Å². The van der Waals surface area contributed by atoms with Gasteiger partial charge in [0.05, 0.1) is 11.2 Å². The Kier molecular flexibility index (Phi) is 1.43. The van der Waals surface area contributed by atoms with Crippen LogP contribution < -0.4 is 5.73 Å². The molecule has 1 heterocycles. The summed E-state index contributed by atoms with van der Waals surface area (Å²) in [5, 5.41) is 0.987. The van der Waals surface area contributed by atoms with Crippen molar-refractivity contribution in [2.45, 2.75) is 6.92 Å². The molecule has 0 radical (unpaired) electrons. The number of benzene rings is 1. The van der Waals surface area contributed by atoms with Crippen molar-refractivity contribution < 1.29 is 0 Å². The Morgan fingerprint density at radius 1 is 1.33 bits per heavy atom. The molecule has 0 bridgehead atoms. The molecule has 12 heavy (non-hydrogen) atoms. The monoisotopic (exact) mass is 159 g/mol. The largest absolute Gasteiger partial charge is 0.397 e. The average molecular weight is 159 g/mol. The summed E-state index contributed by atoms with van der Waals surface area (Å²) < 4.78 is 0. The Morgan fingerprint density at radius 3 is 3.00 bits per heavy atom. The Bertz CT molecular complexity index is 423. The number of aromatic nitrogens is 2. The van der Waals surface area contributed by atoms with Crippen molar-refractivity contribution in [2.75, 3.05) is 5.73 Å². The molecule has 2 aromatic rings. The second-order valence-electron chi connectivity index (χ2n) is 2.76. The molecule has 0 unspecified atom stereocenters. The van der Waals surface area contributed by atoms with Gasteiger partial charge in [-0.05, 0) is 12.5 Å². The van der Waals surface area contributed by atoms with E-state index in [1.165, 1.54) is 6.33 Å². The molecule has 0 saturated heterocycles. The molecular weight excluding hydrogens is 150 g/mol. The molecule has 2 rings (SSSR count). The van der Waals surface area contributed by atoms with Crippen LogP contribution in [-0.4, -0.2) is 9.97 Å². The van der Waals surface area contributed by atoms with Gasteiger partial charge in [-0.1, -0.05) is 12.1 Å². The predicted molar refractivity (Wildman–Crippen MR) is 48.7 cm³/mol. The third kappa shape index (κ3) is 0.906. The van der Waals surface area contributed by atoms with E-state index in [2.05, 4.69) is 9.97 Å². The SMILES string of the molecule is Cc1ccc2cncnc2c1N. The topological polar surface area (TPSA) is 51.8 Å². The van der Waals surface area contributed by atoms with E-state index in [4.69, 9.17) is 5.73 Å². The van der Waals surface area contributed by atoms with E-state index in [-0.39, 0.29) is 0 Å². The maximum absolute atomic E-state index is 5.83. The predicted octanol–water partition coefficient (Wildman–Crippen LogP) is 1.52. The molecule has 1 aromatic carbocycles. The number of nitrogens with two attached hydrogens (primary N) is 1. The van der Waals surface area contributed by atoms with Gasteiger partial charge in [0.25, 0.3) is 0 Å². The fraction of sp³-hybridized carbons (Fsp3) is 0.111. The summed E-state index contributed by atoms with van der Waals surface area (Å²) in [6, 6.07) is 3.95. The lowest BCUT2D eigenvalue weighted by Gasteiger charge is -2.02. The number of aryl methyl sites for hydroxylation is 1. The highest BCUT2D eigenvalue weighted by Gasteiger charge is 2.00. The average Bonchev–Trinajstić information content (AvgIpc) is 2.12. The highest BCUT2D eigenvalue weighted by atomic mass is 14.8. The lowest BCUT2D eigenvalue weighted by molar-refractivity contribution is 1.22.